The van der Waals surface area contributed by atoms with Crippen LogP contribution >= 0.6 is 0 Å². The molecule has 0 aromatic heterocycles. The molecule has 1 aliphatic rings. The largest absolute Gasteiger partial charge is 1.00 e. The minimum atomic E-state index is -5.02. The van der Waals surface area contributed by atoms with Gasteiger partial charge in [0.2, 0.25) is 0 Å². The zero-order valence-corrected chi connectivity index (χ0v) is 18.6. The number of hydrogen-bond acceptors (Lipinski definition) is 8. The summed E-state index contributed by atoms with van der Waals surface area (Å²) in [5, 5.41) is 2.86. The summed E-state index contributed by atoms with van der Waals surface area (Å²) >= 11 is 0. The van der Waals surface area contributed by atoms with E-state index in [4.69, 9.17) is 11.5 Å². The van der Waals surface area contributed by atoms with Gasteiger partial charge in [-0.2, -0.15) is 0 Å². The summed E-state index contributed by atoms with van der Waals surface area (Å²) in [7, 11) is -5.02. The number of hydrogen-bond donors (Lipinski definition) is 3. The second-order valence-electron chi connectivity index (χ2n) is 6.46. The van der Waals surface area contributed by atoms with Crippen molar-refractivity contribution in [1.82, 2.24) is 0 Å². The minimum Gasteiger partial charge on any atom is -0.744 e. The van der Waals surface area contributed by atoms with Gasteiger partial charge in [0.1, 0.15) is 10.1 Å². The molecule has 0 heterocycles. The number of nitrogens with two attached hydrogens (primary N) is 2. The number of rotatable bonds is 3. The van der Waals surface area contributed by atoms with Crippen LogP contribution in [-0.2, 0) is 10.1 Å². The van der Waals surface area contributed by atoms with E-state index < -0.39 is 32.3 Å². The normalized spacial score (nSPS) is 12.6. The number of carbonyl (C=O) groups is 2. The molecule has 8 nitrogen and oxygen atoms in total. The number of ketones is 2. The molecule has 0 saturated carbocycles. The van der Waals surface area contributed by atoms with Crippen LogP contribution in [0.5, 0.6) is 0 Å². The number of para-hydroxylation sites is 2. The fourth-order valence-electron chi connectivity index (χ4n) is 3.36. The average molecular weight is 431 g/mol. The Balaban J connectivity index is 0.00000256. The summed E-state index contributed by atoms with van der Waals surface area (Å²) in [6.07, 6.45) is 0. The standard InChI is InChI=1S/C20H15N3O5S.Na/c21-12-7-3-4-8-13(12)23-14-9-15(29(26,27)28)18(22)17-16(14)19(24)10-5-1-2-6-11(10)20(17)25;/h1-9,23H,21-22H2,(H,26,27,28);/q;+1/p-1. The van der Waals surface area contributed by atoms with Gasteiger partial charge in [0, 0.05) is 11.1 Å². The van der Waals surface area contributed by atoms with Crippen LogP contribution in [0, 0.1) is 0 Å². The maximum absolute atomic E-state index is 13.2. The Labute approximate surface area is 194 Å². The van der Waals surface area contributed by atoms with E-state index in [-0.39, 0.29) is 57.5 Å². The summed E-state index contributed by atoms with van der Waals surface area (Å²) in [5.41, 5.74) is 11.7. The maximum atomic E-state index is 13.2. The van der Waals surface area contributed by atoms with Gasteiger partial charge in [-0.1, -0.05) is 36.4 Å². The van der Waals surface area contributed by atoms with Crippen molar-refractivity contribution < 1.29 is 52.1 Å². The number of nitrogens with one attached hydrogen (secondary N) is 1. The smallest absolute Gasteiger partial charge is 0.744 e. The Kier molecular flexibility index (Phi) is 5.76. The molecule has 0 bridgehead atoms. The Bertz CT molecular complexity index is 1320. The third-order valence-corrected chi connectivity index (χ3v) is 5.58. The van der Waals surface area contributed by atoms with Crippen molar-refractivity contribution in [1.29, 1.82) is 0 Å². The summed E-state index contributed by atoms with van der Waals surface area (Å²) in [6, 6.07) is 13.6. The molecule has 4 rings (SSSR count). The molecule has 0 radical (unpaired) electrons. The molecule has 10 heteroatoms. The van der Waals surface area contributed by atoms with E-state index in [0.717, 1.165) is 6.07 Å². The summed E-state index contributed by atoms with van der Waals surface area (Å²) in [6.45, 7) is 0. The molecule has 0 atom stereocenters. The van der Waals surface area contributed by atoms with Crippen molar-refractivity contribution in [3.63, 3.8) is 0 Å². The fraction of sp³-hybridized carbons (Fsp3) is 0. The van der Waals surface area contributed by atoms with Gasteiger partial charge >= 0.3 is 29.6 Å². The van der Waals surface area contributed by atoms with Crippen LogP contribution in [-0.4, -0.2) is 24.5 Å². The Morgan fingerprint density at radius 3 is 1.90 bits per heavy atom. The van der Waals surface area contributed by atoms with Gasteiger partial charge in [-0.05, 0) is 18.2 Å². The molecule has 0 unspecified atom stereocenters. The number of benzene rings is 3. The molecule has 0 spiro atoms. The van der Waals surface area contributed by atoms with E-state index in [1.165, 1.54) is 12.1 Å². The number of fused-ring (bicyclic) bond motifs is 2. The van der Waals surface area contributed by atoms with Crippen molar-refractivity contribution in [2.45, 2.75) is 4.90 Å². The van der Waals surface area contributed by atoms with Crippen LogP contribution in [0.15, 0.2) is 59.5 Å². The molecule has 0 saturated heterocycles. The van der Waals surface area contributed by atoms with Crippen molar-refractivity contribution in [3.8, 4) is 0 Å². The van der Waals surface area contributed by atoms with Gasteiger partial charge in [0.05, 0.1) is 38.8 Å². The number of nitrogen functional groups attached to an aromatic ring is 2. The topological polar surface area (TPSA) is 155 Å². The van der Waals surface area contributed by atoms with Crippen LogP contribution in [0.2, 0.25) is 0 Å². The van der Waals surface area contributed by atoms with E-state index in [0.29, 0.717) is 11.4 Å². The molecule has 0 amide bonds. The first-order chi connectivity index (χ1) is 13.7. The van der Waals surface area contributed by atoms with Crippen LogP contribution in [0.4, 0.5) is 22.7 Å². The number of anilines is 4. The molecule has 3 aromatic carbocycles. The molecule has 0 aliphatic heterocycles. The summed E-state index contributed by atoms with van der Waals surface area (Å²) in [5.74, 6) is -1.16. The Morgan fingerprint density at radius 1 is 0.800 bits per heavy atom. The molecular formula is C20H14N3NaO5S. The zero-order valence-electron chi connectivity index (χ0n) is 15.8. The molecule has 146 valence electrons. The van der Waals surface area contributed by atoms with Crippen molar-refractivity contribution >= 4 is 44.4 Å². The van der Waals surface area contributed by atoms with E-state index >= 15 is 0 Å². The van der Waals surface area contributed by atoms with E-state index in [1.807, 2.05) is 0 Å². The molecule has 3 aromatic rings. The van der Waals surface area contributed by atoms with E-state index in [2.05, 4.69) is 5.32 Å². The average Bonchev–Trinajstić information content (AvgIpc) is 2.68. The molecular weight excluding hydrogens is 417 g/mol. The van der Waals surface area contributed by atoms with E-state index in [9.17, 15) is 22.6 Å². The van der Waals surface area contributed by atoms with E-state index in [1.54, 1.807) is 36.4 Å². The SMILES string of the molecule is Nc1ccccc1Nc1cc(S(=O)(=O)[O-])c(N)c2c1C(=O)c1ccccc1C2=O.[Na+]. The van der Waals surface area contributed by atoms with Gasteiger partial charge in [-0.25, -0.2) is 8.42 Å². The third-order valence-electron chi connectivity index (χ3n) is 4.70. The van der Waals surface area contributed by atoms with Crippen LogP contribution in [0.25, 0.3) is 0 Å². The van der Waals surface area contributed by atoms with Crippen LogP contribution < -0.4 is 46.3 Å². The first-order valence-electron chi connectivity index (χ1n) is 8.42. The quantitative estimate of drug-likeness (QED) is 0.218. The first-order valence-corrected chi connectivity index (χ1v) is 9.83. The van der Waals surface area contributed by atoms with Gasteiger partial charge in [0.25, 0.3) is 0 Å². The predicted molar refractivity (Wildman–Crippen MR) is 106 cm³/mol. The van der Waals surface area contributed by atoms with Crippen molar-refractivity contribution in [2.75, 3.05) is 16.8 Å². The Hall–Kier alpha value is -2.69. The fourth-order valence-corrected chi connectivity index (χ4v) is 3.99. The minimum absolute atomic E-state index is 0. The number of carbonyl (C=O) groups excluding carboxylic acids is 2. The molecule has 30 heavy (non-hydrogen) atoms. The second kappa shape index (κ2) is 7.86. The molecule has 1 aliphatic carbocycles. The summed E-state index contributed by atoms with van der Waals surface area (Å²) in [4.78, 5) is 25.4. The van der Waals surface area contributed by atoms with Gasteiger partial charge in [-0.15, -0.1) is 0 Å². The third kappa shape index (κ3) is 3.51. The predicted octanol–water partition coefficient (Wildman–Crippen LogP) is -0.722. The second-order valence-corrected chi connectivity index (χ2v) is 7.80. The van der Waals surface area contributed by atoms with Gasteiger partial charge in [0.15, 0.2) is 11.6 Å². The Morgan fingerprint density at radius 2 is 1.33 bits per heavy atom. The van der Waals surface area contributed by atoms with Gasteiger partial charge < -0.3 is 21.3 Å². The molecule has 0 fully saturated rings. The summed E-state index contributed by atoms with van der Waals surface area (Å²) < 4.78 is 35.3. The maximum Gasteiger partial charge on any atom is 1.00 e. The van der Waals surface area contributed by atoms with Gasteiger partial charge in [-0.3, -0.25) is 9.59 Å². The van der Waals surface area contributed by atoms with Crippen molar-refractivity contribution in [2.24, 2.45) is 0 Å². The monoisotopic (exact) mass is 431 g/mol. The molecule has 5 N–H and O–H groups in total. The van der Waals surface area contributed by atoms with Crippen LogP contribution in [0.3, 0.4) is 0 Å². The first kappa shape index (κ1) is 22.0. The van der Waals surface area contributed by atoms with Crippen molar-refractivity contribution in [3.05, 3.63) is 76.9 Å². The van der Waals surface area contributed by atoms with Crippen LogP contribution in [0.1, 0.15) is 31.8 Å². The zero-order chi connectivity index (χ0) is 20.9.